The molecule has 1 aromatic carbocycles. The van der Waals surface area contributed by atoms with E-state index in [0.29, 0.717) is 5.56 Å². The zero-order valence-electron chi connectivity index (χ0n) is 6.88. The van der Waals surface area contributed by atoms with Gasteiger partial charge in [-0.2, -0.15) is 0 Å². The van der Waals surface area contributed by atoms with Gasteiger partial charge in [0.05, 0.1) is 6.42 Å². The smallest absolute Gasteiger partial charge is 0.238 e. The first kappa shape index (κ1) is 9.47. The highest BCUT2D eigenvalue weighted by molar-refractivity contribution is 5.79. The van der Waals surface area contributed by atoms with Crippen molar-refractivity contribution < 1.29 is 9.18 Å². The van der Waals surface area contributed by atoms with Gasteiger partial charge in [0.2, 0.25) is 5.91 Å². The van der Waals surface area contributed by atoms with Crippen molar-refractivity contribution in [1.29, 1.82) is 0 Å². The summed E-state index contributed by atoms with van der Waals surface area (Å²) < 4.78 is 12.6. The van der Waals surface area contributed by atoms with Gasteiger partial charge < -0.3 is 5.73 Å². The summed E-state index contributed by atoms with van der Waals surface area (Å²) in [5, 5.41) is 0. The van der Waals surface area contributed by atoms with Crippen LogP contribution in [0.5, 0.6) is 0 Å². The summed E-state index contributed by atoms with van der Waals surface area (Å²) in [7, 11) is 0. The van der Waals surface area contributed by atoms with E-state index in [-0.39, 0.29) is 18.0 Å². The lowest BCUT2D eigenvalue weighted by molar-refractivity contribution is -0.120. The Balaban J connectivity index is 2.83. The van der Waals surface area contributed by atoms with E-state index in [2.05, 4.69) is 0 Å². The van der Waals surface area contributed by atoms with Gasteiger partial charge in [0.25, 0.3) is 0 Å². The Bertz CT molecular complexity index is 327. The predicted octanol–water partition coefficient (Wildman–Crippen LogP) is -0.0597. The molecule has 0 heterocycles. The SMILES string of the molecule is NNC(=O)Cc1ccc(F)cc1N. The number of hydrogen-bond acceptors (Lipinski definition) is 3. The molecule has 0 aliphatic carbocycles. The number of anilines is 1. The fourth-order valence-electron chi connectivity index (χ4n) is 0.951. The number of carbonyl (C=O) groups is 1. The van der Waals surface area contributed by atoms with E-state index in [1.54, 1.807) is 0 Å². The summed E-state index contributed by atoms with van der Waals surface area (Å²) in [4.78, 5) is 10.8. The molecule has 0 aromatic heterocycles. The number of hydrazine groups is 1. The maximum absolute atomic E-state index is 12.6. The second kappa shape index (κ2) is 3.86. The number of rotatable bonds is 2. The van der Waals surface area contributed by atoms with Crippen LogP contribution in [0.3, 0.4) is 0 Å². The molecule has 1 aromatic rings. The average molecular weight is 183 g/mol. The molecule has 0 unspecified atom stereocenters. The predicted molar refractivity (Wildman–Crippen MR) is 46.8 cm³/mol. The molecule has 5 N–H and O–H groups in total. The minimum absolute atomic E-state index is 0.0581. The lowest BCUT2D eigenvalue weighted by Crippen LogP contribution is -2.31. The van der Waals surface area contributed by atoms with E-state index in [0.717, 1.165) is 0 Å². The third-order valence-corrected chi connectivity index (χ3v) is 1.62. The molecule has 1 amide bonds. The lowest BCUT2D eigenvalue weighted by Gasteiger charge is -2.03. The van der Waals surface area contributed by atoms with Crippen molar-refractivity contribution in [3.8, 4) is 0 Å². The van der Waals surface area contributed by atoms with Gasteiger partial charge >= 0.3 is 0 Å². The summed E-state index contributed by atoms with van der Waals surface area (Å²) in [6, 6.07) is 3.87. The van der Waals surface area contributed by atoms with Crippen LogP contribution in [0.2, 0.25) is 0 Å². The van der Waals surface area contributed by atoms with Gasteiger partial charge in [0.1, 0.15) is 5.82 Å². The Kier molecular flexibility index (Phi) is 2.81. The number of nitrogens with one attached hydrogen (secondary N) is 1. The maximum Gasteiger partial charge on any atom is 0.238 e. The number of hydrogen-bond donors (Lipinski definition) is 3. The van der Waals surface area contributed by atoms with E-state index < -0.39 is 5.82 Å². The van der Waals surface area contributed by atoms with Crippen LogP contribution in [-0.2, 0) is 11.2 Å². The van der Waals surface area contributed by atoms with Crippen LogP contribution >= 0.6 is 0 Å². The van der Waals surface area contributed by atoms with Crippen molar-refractivity contribution in [1.82, 2.24) is 5.43 Å². The van der Waals surface area contributed by atoms with Crippen LogP contribution in [0.25, 0.3) is 0 Å². The lowest BCUT2D eigenvalue weighted by atomic mass is 10.1. The van der Waals surface area contributed by atoms with Crippen molar-refractivity contribution in [2.24, 2.45) is 5.84 Å². The molecule has 0 saturated carbocycles. The van der Waals surface area contributed by atoms with Gasteiger partial charge in [-0.3, -0.25) is 10.2 Å². The van der Waals surface area contributed by atoms with E-state index in [1.807, 2.05) is 5.43 Å². The molecule has 0 radical (unpaired) electrons. The minimum atomic E-state index is -0.422. The zero-order chi connectivity index (χ0) is 9.84. The van der Waals surface area contributed by atoms with E-state index in [1.165, 1.54) is 18.2 Å². The summed E-state index contributed by atoms with van der Waals surface area (Å²) in [6.07, 6.45) is 0.0581. The molecule has 0 saturated heterocycles. The van der Waals surface area contributed by atoms with Gasteiger partial charge in [-0.05, 0) is 17.7 Å². The van der Waals surface area contributed by atoms with Crippen molar-refractivity contribution in [2.45, 2.75) is 6.42 Å². The Hall–Kier alpha value is -1.62. The monoisotopic (exact) mass is 183 g/mol. The third kappa shape index (κ3) is 2.41. The van der Waals surface area contributed by atoms with E-state index in [9.17, 15) is 9.18 Å². The molecule has 0 aliphatic rings. The number of carbonyl (C=O) groups excluding carboxylic acids is 1. The van der Waals surface area contributed by atoms with Crippen LogP contribution < -0.4 is 17.0 Å². The highest BCUT2D eigenvalue weighted by atomic mass is 19.1. The van der Waals surface area contributed by atoms with Crippen molar-refractivity contribution >= 4 is 11.6 Å². The molecular weight excluding hydrogens is 173 g/mol. The number of halogens is 1. The number of benzene rings is 1. The Morgan fingerprint density at radius 2 is 2.23 bits per heavy atom. The van der Waals surface area contributed by atoms with Crippen LogP contribution in [0.15, 0.2) is 18.2 Å². The van der Waals surface area contributed by atoms with Crippen LogP contribution in [0, 0.1) is 5.82 Å². The second-order valence-electron chi connectivity index (χ2n) is 2.59. The van der Waals surface area contributed by atoms with Crippen molar-refractivity contribution in [3.63, 3.8) is 0 Å². The third-order valence-electron chi connectivity index (χ3n) is 1.62. The minimum Gasteiger partial charge on any atom is -0.398 e. The van der Waals surface area contributed by atoms with Gasteiger partial charge in [0, 0.05) is 5.69 Å². The fourth-order valence-corrected chi connectivity index (χ4v) is 0.951. The molecular formula is C8H10FN3O. The normalized spacial score (nSPS) is 9.69. The number of amides is 1. The Labute approximate surface area is 74.7 Å². The number of nitrogen functional groups attached to an aromatic ring is 1. The number of nitrogens with two attached hydrogens (primary N) is 2. The van der Waals surface area contributed by atoms with Gasteiger partial charge in [0.15, 0.2) is 0 Å². The molecule has 0 fully saturated rings. The quantitative estimate of drug-likeness (QED) is 0.260. The van der Waals surface area contributed by atoms with Gasteiger partial charge in [-0.1, -0.05) is 6.07 Å². The standard InChI is InChI=1S/C8H10FN3O/c9-6-2-1-5(7(10)4-6)3-8(13)12-11/h1-2,4H,3,10-11H2,(H,12,13). The summed E-state index contributed by atoms with van der Waals surface area (Å²) in [5.41, 5.74) is 8.24. The topological polar surface area (TPSA) is 81.1 Å². The van der Waals surface area contributed by atoms with Crippen LogP contribution in [-0.4, -0.2) is 5.91 Å². The molecule has 0 bridgehead atoms. The first-order valence-corrected chi connectivity index (χ1v) is 3.67. The van der Waals surface area contributed by atoms with Crippen LogP contribution in [0.4, 0.5) is 10.1 Å². The largest absolute Gasteiger partial charge is 0.398 e. The first-order valence-electron chi connectivity index (χ1n) is 3.67. The Morgan fingerprint density at radius 1 is 1.54 bits per heavy atom. The molecule has 13 heavy (non-hydrogen) atoms. The van der Waals surface area contributed by atoms with Gasteiger partial charge in [-0.25, -0.2) is 10.2 Å². The Morgan fingerprint density at radius 3 is 2.77 bits per heavy atom. The molecule has 1 rings (SSSR count). The van der Waals surface area contributed by atoms with E-state index in [4.69, 9.17) is 11.6 Å². The van der Waals surface area contributed by atoms with Crippen LogP contribution in [0.1, 0.15) is 5.56 Å². The van der Waals surface area contributed by atoms with Crippen molar-refractivity contribution in [3.05, 3.63) is 29.6 Å². The second-order valence-corrected chi connectivity index (χ2v) is 2.59. The summed E-state index contributed by atoms with van der Waals surface area (Å²) >= 11 is 0. The highest BCUT2D eigenvalue weighted by Crippen LogP contribution is 2.13. The fraction of sp³-hybridized carbons (Fsp3) is 0.125. The molecule has 0 aliphatic heterocycles. The average Bonchev–Trinajstić information content (AvgIpc) is 2.09. The summed E-state index contributed by atoms with van der Waals surface area (Å²) in [6.45, 7) is 0. The van der Waals surface area contributed by atoms with E-state index >= 15 is 0 Å². The highest BCUT2D eigenvalue weighted by Gasteiger charge is 2.05. The maximum atomic E-state index is 12.6. The zero-order valence-corrected chi connectivity index (χ0v) is 6.88. The molecule has 0 spiro atoms. The molecule has 0 atom stereocenters. The summed E-state index contributed by atoms with van der Waals surface area (Å²) in [5.74, 6) is 4.10. The first-order chi connectivity index (χ1) is 6.13. The molecule has 70 valence electrons. The van der Waals surface area contributed by atoms with Crippen molar-refractivity contribution in [2.75, 3.05) is 5.73 Å². The molecule has 4 nitrogen and oxygen atoms in total. The molecule has 5 heteroatoms. The van der Waals surface area contributed by atoms with Gasteiger partial charge in [-0.15, -0.1) is 0 Å².